The zero-order valence-corrected chi connectivity index (χ0v) is 16.8. The second-order valence-electron chi connectivity index (χ2n) is 7.66. The molecule has 4 rings (SSSR count). The van der Waals surface area contributed by atoms with Crippen molar-refractivity contribution >= 4 is 15.7 Å². The molecule has 2 aliphatic rings. The first-order valence-corrected chi connectivity index (χ1v) is 11.4. The minimum absolute atomic E-state index is 0.0545. The molecule has 1 amide bonds. The normalized spacial score (nSPS) is 20.6. The van der Waals surface area contributed by atoms with Crippen LogP contribution in [0, 0.1) is 5.92 Å². The summed E-state index contributed by atoms with van der Waals surface area (Å²) in [7, 11) is -3.13. The lowest BCUT2D eigenvalue weighted by molar-refractivity contribution is -0.137. The van der Waals surface area contributed by atoms with Crippen molar-refractivity contribution < 1.29 is 31.1 Å². The van der Waals surface area contributed by atoms with Gasteiger partial charge in [-0.1, -0.05) is 6.07 Å². The Balaban J connectivity index is 1.46. The number of nitrogens with zero attached hydrogens (tertiary/aromatic N) is 1. The van der Waals surface area contributed by atoms with Crippen molar-refractivity contribution in [2.75, 3.05) is 18.1 Å². The van der Waals surface area contributed by atoms with E-state index in [0.29, 0.717) is 31.7 Å². The van der Waals surface area contributed by atoms with E-state index in [1.54, 1.807) is 17.0 Å². The van der Waals surface area contributed by atoms with Crippen LogP contribution >= 0.6 is 0 Å². The first-order valence-electron chi connectivity index (χ1n) is 9.57. The predicted molar refractivity (Wildman–Crippen MR) is 104 cm³/mol. The van der Waals surface area contributed by atoms with Crippen LogP contribution < -0.4 is 4.74 Å². The third-order valence-corrected chi connectivity index (χ3v) is 7.27. The van der Waals surface area contributed by atoms with E-state index in [1.807, 2.05) is 6.07 Å². The topological polar surface area (TPSA) is 63.7 Å². The molecule has 1 fully saturated rings. The fourth-order valence-corrected chi connectivity index (χ4v) is 5.61. The van der Waals surface area contributed by atoms with Gasteiger partial charge in [-0.05, 0) is 60.4 Å². The zero-order valence-electron chi connectivity index (χ0n) is 16.0. The molecule has 0 spiro atoms. The molecular weight excluding hydrogens is 419 g/mol. The van der Waals surface area contributed by atoms with Gasteiger partial charge >= 0.3 is 6.18 Å². The van der Waals surface area contributed by atoms with Crippen LogP contribution in [0.5, 0.6) is 11.5 Å². The van der Waals surface area contributed by atoms with E-state index in [4.69, 9.17) is 4.74 Å². The highest BCUT2D eigenvalue weighted by Gasteiger charge is 2.36. The minimum atomic E-state index is -4.40. The van der Waals surface area contributed by atoms with E-state index in [2.05, 4.69) is 0 Å². The van der Waals surface area contributed by atoms with Crippen LogP contribution in [0.2, 0.25) is 0 Å². The van der Waals surface area contributed by atoms with Crippen LogP contribution in [-0.2, 0) is 33.8 Å². The fraction of sp³-hybridized carbons (Fsp3) is 0.381. The number of amides is 1. The maximum absolute atomic E-state index is 12.7. The molecule has 1 saturated heterocycles. The molecule has 2 aromatic carbocycles. The Kier molecular flexibility index (Phi) is 5.25. The summed E-state index contributed by atoms with van der Waals surface area (Å²) < 4.78 is 67.1. The highest BCUT2D eigenvalue weighted by atomic mass is 32.2. The summed E-state index contributed by atoms with van der Waals surface area (Å²) in [6.45, 7) is 0.885. The van der Waals surface area contributed by atoms with Gasteiger partial charge in [-0.2, -0.15) is 13.2 Å². The molecule has 0 aromatic heterocycles. The fourth-order valence-electron chi connectivity index (χ4n) is 3.88. The molecule has 2 aliphatic heterocycles. The molecule has 0 N–H and O–H groups in total. The van der Waals surface area contributed by atoms with Crippen LogP contribution in [0.4, 0.5) is 13.2 Å². The standard InChI is InChI=1S/C21H20F3NO4S/c22-21(23,24)17-2-5-18(6-3-17)29-19-4-1-14-7-9-25(12-16(14)11-19)20(26)15-8-10-30(27,28)13-15/h1-6,11,15H,7-10,12-13H2. The second-order valence-corrected chi connectivity index (χ2v) is 9.89. The maximum atomic E-state index is 12.7. The highest BCUT2D eigenvalue weighted by molar-refractivity contribution is 7.91. The molecule has 0 saturated carbocycles. The van der Waals surface area contributed by atoms with E-state index in [0.717, 1.165) is 23.3 Å². The Bertz CT molecular complexity index is 1060. The molecule has 9 heteroatoms. The number of hydrogen-bond acceptors (Lipinski definition) is 4. The monoisotopic (exact) mass is 439 g/mol. The van der Waals surface area contributed by atoms with Crippen molar-refractivity contribution in [1.82, 2.24) is 4.90 Å². The molecule has 2 heterocycles. The van der Waals surface area contributed by atoms with Crippen LogP contribution in [0.25, 0.3) is 0 Å². The Morgan fingerprint density at radius 3 is 2.37 bits per heavy atom. The van der Waals surface area contributed by atoms with Gasteiger partial charge in [-0.3, -0.25) is 4.79 Å². The first kappa shape index (κ1) is 20.7. The molecule has 30 heavy (non-hydrogen) atoms. The van der Waals surface area contributed by atoms with Gasteiger partial charge in [-0.25, -0.2) is 8.42 Å². The number of carbonyl (C=O) groups excluding carboxylic acids is 1. The molecular formula is C21H20F3NO4S. The average Bonchev–Trinajstić information content (AvgIpc) is 3.06. The molecule has 1 unspecified atom stereocenters. The zero-order chi connectivity index (χ0) is 21.5. The second kappa shape index (κ2) is 7.61. The maximum Gasteiger partial charge on any atom is 0.416 e. The van der Waals surface area contributed by atoms with Crippen molar-refractivity contribution in [1.29, 1.82) is 0 Å². The molecule has 160 valence electrons. The van der Waals surface area contributed by atoms with Gasteiger partial charge in [0.1, 0.15) is 11.5 Å². The molecule has 2 aromatic rings. The minimum Gasteiger partial charge on any atom is -0.457 e. The predicted octanol–water partition coefficient (Wildman–Crippen LogP) is 3.82. The van der Waals surface area contributed by atoms with Gasteiger partial charge in [0.25, 0.3) is 0 Å². The molecule has 0 aliphatic carbocycles. The Labute approximate surface area is 172 Å². The third kappa shape index (κ3) is 4.45. The molecule has 0 radical (unpaired) electrons. The molecule has 0 bridgehead atoms. The largest absolute Gasteiger partial charge is 0.457 e. The van der Waals surface area contributed by atoms with Gasteiger partial charge in [0.15, 0.2) is 9.84 Å². The van der Waals surface area contributed by atoms with Crippen LogP contribution in [-0.4, -0.2) is 37.3 Å². The van der Waals surface area contributed by atoms with Crippen molar-refractivity contribution in [2.45, 2.75) is 25.6 Å². The van der Waals surface area contributed by atoms with Crippen LogP contribution in [0.3, 0.4) is 0 Å². The van der Waals surface area contributed by atoms with Crippen molar-refractivity contribution in [3.8, 4) is 11.5 Å². The van der Waals surface area contributed by atoms with E-state index in [9.17, 15) is 26.4 Å². The van der Waals surface area contributed by atoms with Crippen LogP contribution in [0.15, 0.2) is 42.5 Å². The third-order valence-electron chi connectivity index (χ3n) is 5.50. The lowest BCUT2D eigenvalue weighted by Gasteiger charge is -2.31. The quantitative estimate of drug-likeness (QED) is 0.730. The van der Waals surface area contributed by atoms with Crippen molar-refractivity contribution in [2.24, 2.45) is 5.92 Å². The number of fused-ring (bicyclic) bond motifs is 1. The smallest absolute Gasteiger partial charge is 0.416 e. The summed E-state index contributed by atoms with van der Waals surface area (Å²) >= 11 is 0. The average molecular weight is 439 g/mol. The van der Waals surface area contributed by atoms with E-state index in [-0.39, 0.29) is 23.2 Å². The lowest BCUT2D eigenvalue weighted by Crippen LogP contribution is -2.40. The molecule has 5 nitrogen and oxygen atoms in total. The Morgan fingerprint density at radius 1 is 1.03 bits per heavy atom. The number of hydrogen-bond donors (Lipinski definition) is 0. The van der Waals surface area contributed by atoms with Gasteiger partial charge in [0.2, 0.25) is 5.91 Å². The summed E-state index contributed by atoms with van der Waals surface area (Å²) in [6.07, 6.45) is -3.39. The number of alkyl halides is 3. The summed E-state index contributed by atoms with van der Waals surface area (Å²) in [6, 6.07) is 9.86. The number of benzene rings is 2. The summed E-state index contributed by atoms with van der Waals surface area (Å²) in [5, 5.41) is 0. The Morgan fingerprint density at radius 2 is 1.73 bits per heavy atom. The van der Waals surface area contributed by atoms with Gasteiger partial charge < -0.3 is 9.64 Å². The van der Waals surface area contributed by atoms with E-state index in [1.165, 1.54) is 12.1 Å². The number of rotatable bonds is 3. The van der Waals surface area contributed by atoms with E-state index >= 15 is 0 Å². The van der Waals surface area contributed by atoms with E-state index < -0.39 is 27.5 Å². The summed E-state index contributed by atoms with van der Waals surface area (Å²) in [4.78, 5) is 14.4. The van der Waals surface area contributed by atoms with Crippen molar-refractivity contribution in [3.05, 3.63) is 59.2 Å². The van der Waals surface area contributed by atoms with Crippen LogP contribution in [0.1, 0.15) is 23.1 Å². The Hall–Kier alpha value is -2.55. The summed E-state index contributed by atoms with van der Waals surface area (Å²) in [5.74, 6) is 0.0820. The molecule has 1 atom stereocenters. The highest BCUT2D eigenvalue weighted by Crippen LogP contribution is 2.33. The lowest BCUT2D eigenvalue weighted by atomic mass is 9.97. The number of carbonyl (C=O) groups is 1. The van der Waals surface area contributed by atoms with Gasteiger partial charge in [0.05, 0.1) is 23.0 Å². The van der Waals surface area contributed by atoms with Gasteiger partial charge in [0, 0.05) is 13.1 Å². The SMILES string of the molecule is O=C(C1CCS(=O)(=O)C1)N1CCc2ccc(Oc3ccc(C(F)(F)F)cc3)cc2C1. The summed E-state index contributed by atoms with van der Waals surface area (Å²) in [5.41, 5.74) is 1.21. The number of ether oxygens (including phenoxy) is 1. The van der Waals surface area contributed by atoms with Gasteiger partial charge in [-0.15, -0.1) is 0 Å². The first-order chi connectivity index (χ1) is 14.1. The number of sulfone groups is 1. The van der Waals surface area contributed by atoms with Crippen molar-refractivity contribution in [3.63, 3.8) is 0 Å². The number of halogens is 3.